The molecular weight excluding hydrogens is 460 g/mol. The minimum absolute atomic E-state index is 0.0369. The zero-order valence-electron chi connectivity index (χ0n) is 21.0. The molecule has 1 fully saturated rings. The van der Waals surface area contributed by atoms with Gasteiger partial charge in [-0.3, -0.25) is 4.79 Å². The summed E-state index contributed by atoms with van der Waals surface area (Å²) in [5.41, 5.74) is 2.95. The lowest BCUT2D eigenvalue weighted by Gasteiger charge is -2.33. The number of hydrogen-bond acceptors (Lipinski definition) is 9. The molecule has 0 radical (unpaired) electrons. The van der Waals surface area contributed by atoms with Crippen molar-refractivity contribution in [3.05, 3.63) is 59.8 Å². The first-order valence-corrected chi connectivity index (χ1v) is 11.7. The molecule has 1 saturated heterocycles. The molecule has 1 unspecified atom stereocenters. The van der Waals surface area contributed by atoms with Gasteiger partial charge in [0, 0.05) is 50.2 Å². The van der Waals surface area contributed by atoms with E-state index in [1.807, 2.05) is 37.3 Å². The van der Waals surface area contributed by atoms with Gasteiger partial charge in [-0.2, -0.15) is 4.98 Å². The summed E-state index contributed by atoms with van der Waals surface area (Å²) < 4.78 is 16.2. The molecule has 36 heavy (non-hydrogen) atoms. The second-order valence-electron chi connectivity index (χ2n) is 8.43. The topological polar surface area (TPSA) is 110 Å². The molecular formula is C26H32N6O4. The largest absolute Gasteiger partial charge is 0.493 e. The molecule has 10 heteroatoms. The summed E-state index contributed by atoms with van der Waals surface area (Å²) in [6.07, 6.45) is 1.69. The number of hydrogen-bond donors (Lipinski definition) is 3. The van der Waals surface area contributed by atoms with Crippen LogP contribution in [0.1, 0.15) is 11.1 Å². The Balaban J connectivity index is 1.42. The van der Waals surface area contributed by atoms with E-state index in [1.165, 1.54) is 5.56 Å². The monoisotopic (exact) mass is 492 g/mol. The number of ether oxygens (including phenoxy) is 3. The Bertz CT molecular complexity index is 1160. The van der Waals surface area contributed by atoms with Crippen LogP contribution in [0, 0.1) is 6.92 Å². The molecule has 0 aliphatic carbocycles. The van der Waals surface area contributed by atoms with E-state index in [0.717, 1.165) is 17.9 Å². The number of anilines is 3. The summed E-state index contributed by atoms with van der Waals surface area (Å²) in [4.78, 5) is 23.9. The second-order valence-corrected chi connectivity index (χ2v) is 8.43. The van der Waals surface area contributed by atoms with Gasteiger partial charge in [-0.25, -0.2) is 4.98 Å². The molecule has 1 atom stereocenters. The molecule has 0 bridgehead atoms. The highest BCUT2D eigenvalue weighted by molar-refractivity contribution is 5.82. The molecule has 10 nitrogen and oxygen atoms in total. The Labute approximate surface area is 211 Å². The fourth-order valence-electron chi connectivity index (χ4n) is 4.02. The van der Waals surface area contributed by atoms with E-state index < -0.39 is 0 Å². The lowest BCUT2D eigenvalue weighted by Crippen LogP contribution is -2.57. The van der Waals surface area contributed by atoms with Crippen molar-refractivity contribution >= 4 is 23.4 Å². The minimum atomic E-state index is -0.342. The van der Waals surface area contributed by atoms with Crippen LogP contribution < -0.4 is 35.1 Å². The van der Waals surface area contributed by atoms with Crippen molar-refractivity contribution in [3.63, 3.8) is 0 Å². The van der Waals surface area contributed by atoms with Gasteiger partial charge in [0.25, 0.3) is 0 Å². The first-order valence-electron chi connectivity index (χ1n) is 11.7. The quantitative estimate of drug-likeness (QED) is 0.415. The van der Waals surface area contributed by atoms with Crippen LogP contribution in [0.2, 0.25) is 0 Å². The van der Waals surface area contributed by atoms with Crippen molar-refractivity contribution in [1.29, 1.82) is 0 Å². The third-order valence-corrected chi connectivity index (χ3v) is 5.96. The summed E-state index contributed by atoms with van der Waals surface area (Å²) >= 11 is 0. The molecule has 3 aromatic rings. The van der Waals surface area contributed by atoms with Gasteiger partial charge in [0.15, 0.2) is 11.5 Å². The van der Waals surface area contributed by atoms with Gasteiger partial charge in [0.2, 0.25) is 17.6 Å². The van der Waals surface area contributed by atoms with Crippen LogP contribution in [0.4, 0.5) is 17.5 Å². The van der Waals surface area contributed by atoms with Crippen molar-refractivity contribution in [3.8, 4) is 17.2 Å². The summed E-state index contributed by atoms with van der Waals surface area (Å²) in [5.74, 6) is 2.67. The zero-order valence-corrected chi connectivity index (χ0v) is 21.0. The first kappa shape index (κ1) is 25.1. The second kappa shape index (κ2) is 11.6. The molecule has 1 aliphatic heterocycles. The predicted molar refractivity (Wildman–Crippen MR) is 138 cm³/mol. The van der Waals surface area contributed by atoms with Gasteiger partial charge in [-0.05, 0) is 18.6 Å². The highest BCUT2D eigenvalue weighted by atomic mass is 16.5. The van der Waals surface area contributed by atoms with Gasteiger partial charge in [-0.15, -0.1) is 0 Å². The number of rotatable bonds is 9. The van der Waals surface area contributed by atoms with Crippen molar-refractivity contribution in [2.24, 2.45) is 0 Å². The average molecular weight is 493 g/mol. The van der Waals surface area contributed by atoms with Gasteiger partial charge in [0.05, 0.1) is 21.3 Å². The summed E-state index contributed by atoms with van der Waals surface area (Å²) in [6.45, 7) is 4.43. The van der Waals surface area contributed by atoms with Crippen molar-refractivity contribution in [2.75, 3.05) is 51.2 Å². The van der Waals surface area contributed by atoms with E-state index in [-0.39, 0.29) is 11.9 Å². The highest BCUT2D eigenvalue weighted by Crippen LogP contribution is 2.40. The number of amides is 1. The third-order valence-electron chi connectivity index (χ3n) is 5.96. The summed E-state index contributed by atoms with van der Waals surface area (Å²) in [6, 6.07) is 13.2. The van der Waals surface area contributed by atoms with Gasteiger partial charge >= 0.3 is 0 Å². The summed E-state index contributed by atoms with van der Waals surface area (Å²) in [7, 11) is 4.69. The van der Waals surface area contributed by atoms with E-state index in [1.54, 1.807) is 39.7 Å². The Morgan fingerprint density at radius 1 is 1.08 bits per heavy atom. The lowest BCUT2D eigenvalue weighted by atomic mass is 10.1. The molecule has 1 amide bonds. The molecule has 3 N–H and O–H groups in total. The van der Waals surface area contributed by atoms with Crippen molar-refractivity contribution < 1.29 is 19.0 Å². The van der Waals surface area contributed by atoms with Gasteiger partial charge in [-0.1, -0.05) is 29.8 Å². The van der Waals surface area contributed by atoms with E-state index in [9.17, 15) is 4.79 Å². The molecule has 2 heterocycles. The van der Waals surface area contributed by atoms with E-state index >= 15 is 0 Å². The van der Waals surface area contributed by atoms with Crippen LogP contribution >= 0.6 is 0 Å². The van der Waals surface area contributed by atoms with Gasteiger partial charge in [0.1, 0.15) is 11.9 Å². The van der Waals surface area contributed by atoms with Crippen LogP contribution in [0.3, 0.4) is 0 Å². The number of nitrogens with zero attached hydrogens (tertiary/aromatic N) is 3. The first-order chi connectivity index (χ1) is 17.5. The third kappa shape index (κ3) is 5.95. The van der Waals surface area contributed by atoms with Gasteiger partial charge < -0.3 is 35.1 Å². The SMILES string of the molecule is COc1cc(Nc2nccc(N3CCNC(C(=O)NCc4ccc(C)cc4)C3)n2)cc(OC)c1OC. The number of aryl methyl sites for hydroxylation is 1. The number of methoxy groups -OCH3 is 3. The molecule has 1 aromatic heterocycles. The fraction of sp³-hybridized carbons (Fsp3) is 0.346. The standard InChI is InChI=1S/C26H32N6O4/c1-17-5-7-18(8-6-17)15-29-25(33)20-16-32(12-11-27-20)23-9-10-28-26(31-23)30-19-13-21(34-2)24(36-4)22(14-19)35-3/h5-10,13-14,20,27H,11-12,15-16H2,1-4H3,(H,29,33)(H,28,30,31). The number of carbonyl (C=O) groups excluding carboxylic acids is 1. The van der Waals surface area contributed by atoms with Crippen LogP contribution in [0.25, 0.3) is 0 Å². The van der Waals surface area contributed by atoms with Crippen molar-refractivity contribution in [2.45, 2.75) is 19.5 Å². The van der Waals surface area contributed by atoms with Crippen LogP contribution in [-0.2, 0) is 11.3 Å². The van der Waals surface area contributed by atoms with E-state index in [2.05, 4.69) is 30.8 Å². The fourth-order valence-corrected chi connectivity index (χ4v) is 4.02. The van der Waals surface area contributed by atoms with Crippen LogP contribution in [0.5, 0.6) is 17.2 Å². The average Bonchev–Trinajstić information content (AvgIpc) is 2.92. The highest BCUT2D eigenvalue weighted by Gasteiger charge is 2.26. The maximum absolute atomic E-state index is 12.8. The molecule has 1 aliphatic rings. The number of aromatic nitrogens is 2. The Morgan fingerprint density at radius 3 is 2.47 bits per heavy atom. The number of benzene rings is 2. The Morgan fingerprint density at radius 2 is 1.81 bits per heavy atom. The Kier molecular flexibility index (Phi) is 8.06. The normalized spacial score (nSPS) is 15.2. The number of carbonyl (C=O) groups is 1. The maximum Gasteiger partial charge on any atom is 0.239 e. The summed E-state index contributed by atoms with van der Waals surface area (Å²) in [5, 5.41) is 9.53. The molecule has 4 rings (SSSR count). The lowest BCUT2D eigenvalue weighted by molar-refractivity contribution is -0.123. The molecule has 2 aromatic carbocycles. The zero-order chi connectivity index (χ0) is 25.5. The smallest absolute Gasteiger partial charge is 0.239 e. The maximum atomic E-state index is 12.8. The van der Waals surface area contributed by atoms with Crippen molar-refractivity contribution in [1.82, 2.24) is 20.6 Å². The molecule has 190 valence electrons. The molecule has 0 spiro atoms. The van der Waals surface area contributed by atoms with Crippen LogP contribution in [0.15, 0.2) is 48.7 Å². The minimum Gasteiger partial charge on any atom is -0.493 e. The number of nitrogens with one attached hydrogen (secondary N) is 3. The molecule has 0 saturated carbocycles. The Hall–Kier alpha value is -4.05. The number of piperazine rings is 1. The van der Waals surface area contributed by atoms with Crippen LogP contribution in [-0.4, -0.2) is 62.9 Å². The predicted octanol–water partition coefficient (Wildman–Crippen LogP) is 2.65. The van der Waals surface area contributed by atoms with E-state index in [4.69, 9.17) is 14.2 Å². The van der Waals surface area contributed by atoms with E-state index in [0.29, 0.717) is 48.5 Å².